The molecule has 1 aromatic rings. The minimum absolute atomic E-state index is 0.647. The van der Waals surface area contributed by atoms with Crippen LogP contribution in [-0.4, -0.2) is 32.1 Å². The van der Waals surface area contributed by atoms with Gasteiger partial charge in [-0.25, -0.2) is 0 Å². The average Bonchev–Trinajstić information content (AvgIpc) is 2.17. The molecule has 0 unspecified atom stereocenters. The molecule has 0 aliphatic carbocycles. The van der Waals surface area contributed by atoms with Crippen LogP contribution < -0.4 is 4.74 Å². The maximum atomic E-state index is 5.89. The molecule has 0 saturated carbocycles. The van der Waals surface area contributed by atoms with E-state index in [0.717, 1.165) is 17.9 Å². The molecule has 0 atom stereocenters. The summed E-state index contributed by atoms with van der Waals surface area (Å²) >= 11 is 5.89. The summed E-state index contributed by atoms with van der Waals surface area (Å²) in [5, 5.41) is 0.681. The Balaban J connectivity index is 2.66. The lowest BCUT2D eigenvalue weighted by molar-refractivity contribution is 0.261. The van der Waals surface area contributed by atoms with Gasteiger partial charge in [-0.05, 0) is 32.3 Å². The van der Waals surface area contributed by atoms with Gasteiger partial charge in [0.15, 0.2) is 0 Å². The highest BCUT2D eigenvalue weighted by Gasteiger charge is 2.01. The number of hydrogen-bond donors (Lipinski definition) is 0. The van der Waals surface area contributed by atoms with Gasteiger partial charge in [0, 0.05) is 17.1 Å². The Morgan fingerprint density at radius 3 is 2.80 bits per heavy atom. The van der Waals surface area contributed by atoms with Crippen molar-refractivity contribution >= 4 is 17.7 Å². The highest BCUT2D eigenvalue weighted by molar-refractivity contribution is 6.30. The molecule has 0 N–H and O–H groups in total. The smallest absolute Gasteiger partial charge is 0.128 e. The highest BCUT2D eigenvalue weighted by atomic mass is 35.5. The second kappa shape index (κ2) is 5.79. The van der Waals surface area contributed by atoms with E-state index in [-0.39, 0.29) is 0 Å². The van der Waals surface area contributed by atoms with Crippen molar-refractivity contribution in [2.24, 2.45) is 0 Å². The van der Waals surface area contributed by atoms with Gasteiger partial charge in [0.25, 0.3) is 0 Å². The normalized spacial score (nSPS) is 10.4. The molecule has 0 radical (unpaired) electrons. The number of hydrogen-bond acceptors (Lipinski definition) is 2. The predicted octanol–water partition coefficient (Wildman–Crippen LogP) is 2.92. The molecule has 82 valence electrons. The van der Waals surface area contributed by atoms with Crippen molar-refractivity contribution in [3.8, 4) is 5.75 Å². The quantitative estimate of drug-likeness (QED) is 0.764. The number of halogens is 1. The molecular formula is C12H16ClNO. The van der Waals surface area contributed by atoms with Crippen LogP contribution in [0.5, 0.6) is 5.75 Å². The lowest BCUT2D eigenvalue weighted by Gasteiger charge is -2.12. The summed E-state index contributed by atoms with van der Waals surface area (Å²) in [6, 6.07) is 5.55. The third kappa shape index (κ3) is 3.94. The summed E-state index contributed by atoms with van der Waals surface area (Å²) in [4.78, 5) is 2.07. The number of benzene rings is 1. The van der Waals surface area contributed by atoms with Crippen LogP contribution in [0.1, 0.15) is 5.56 Å². The van der Waals surface area contributed by atoms with Crippen LogP contribution in [0.15, 0.2) is 24.8 Å². The zero-order chi connectivity index (χ0) is 11.3. The second-order valence-corrected chi connectivity index (χ2v) is 3.97. The molecule has 0 heterocycles. The van der Waals surface area contributed by atoms with Gasteiger partial charge in [-0.15, -0.1) is 0 Å². The molecule has 0 amide bonds. The van der Waals surface area contributed by atoms with Gasteiger partial charge in [-0.1, -0.05) is 24.3 Å². The van der Waals surface area contributed by atoms with Crippen LogP contribution in [0.4, 0.5) is 0 Å². The molecule has 0 aliphatic rings. The van der Waals surface area contributed by atoms with E-state index in [1.165, 1.54) is 0 Å². The average molecular weight is 226 g/mol. The second-order valence-electron chi connectivity index (χ2n) is 3.54. The molecule has 0 saturated heterocycles. The van der Waals surface area contributed by atoms with E-state index in [2.05, 4.69) is 11.5 Å². The zero-order valence-corrected chi connectivity index (χ0v) is 9.92. The van der Waals surface area contributed by atoms with E-state index in [1.807, 2.05) is 32.3 Å². The van der Waals surface area contributed by atoms with Gasteiger partial charge in [0.1, 0.15) is 12.4 Å². The minimum Gasteiger partial charge on any atom is -0.492 e. The first-order valence-corrected chi connectivity index (χ1v) is 5.21. The summed E-state index contributed by atoms with van der Waals surface area (Å²) in [7, 11) is 4.02. The fraction of sp³-hybridized carbons (Fsp3) is 0.333. The predicted molar refractivity (Wildman–Crippen MR) is 65.6 cm³/mol. The van der Waals surface area contributed by atoms with Crippen LogP contribution in [0.3, 0.4) is 0 Å². The third-order valence-electron chi connectivity index (χ3n) is 1.99. The van der Waals surface area contributed by atoms with Crippen molar-refractivity contribution in [3.63, 3.8) is 0 Å². The van der Waals surface area contributed by atoms with Gasteiger partial charge in [-0.3, -0.25) is 0 Å². The van der Waals surface area contributed by atoms with Gasteiger partial charge in [0.05, 0.1) is 0 Å². The van der Waals surface area contributed by atoms with Crippen LogP contribution in [-0.2, 0) is 0 Å². The number of ether oxygens (including phenoxy) is 1. The summed E-state index contributed by atoms with van der Waals surface area (Å²) in [5.74, 6) is 0.791. The monoisotopic (exact) mass is 225 g/mol. The largest absolute Gasteiger partial charge is 0.492 e. The van der Waals surface area contributed by atoms with Crippen molar-refractivity contribution in [1.29, 1.82) is 0 Å². The molecule has 2 nitrogen and oxygen atoms in total. The standard InChI is InChI=1S/C12H16ClNO/c1-4-10-5-6-11(13)9-12(10)15-8-7-14(2)3/h4-6,9H,1,7-8H2,2-3H3. The number of rotatable bonds is 5. The summed E-state index contributed by atoms with van der Waals surface area (Å²) < 4.78 is 5.62. The van der Waals surface area contributed by atoms with E-state index >= 15 is 0 Å². The third-order valence-corrected chi connectivity index (χ3v) is 2.23. The molecule has 0 fully saturated rings. The first-order chi connectivity index (χ1) is 7.13. The summed E-state index contributed by atoms with van der Waals surface area (Å²) in [6.07, 6.45) is 1.77. The van der Waals surface area contributed by atoms with E-state index in [4.69, 9.17) is 16.3 Å². The summed E-state index contributed by atoms with van der Waals surface area (Å²) in [6.45, 7) is 5.26. The van der Waals surface area contributed by atoms with Gasteiger partial charge in [-0.2, -0.15) is 0 Å². The lowest BCUT2D eigenvalue weighted by Crippen LogP contribution is -2.19. The molecule has 15 heavy (non-hydrogen) atoms. The highest BCUT2D eigenvalue weighted by Crippen LogP contribution is 2.24. The van der Waals surface area contributed by atoms with Crippen molar-refractivity contribution in [1.82, 2.24) is 4.90 Å². The van der Waals surface area contributed by atoms with Crippen molar-refractivity contribution in [2.45, 2.75) is 0 Å². The van der Waals surface area contributed by atoms with Crippen molar-refractivity contribution < 1.29 is 4.74 Å². The fourth-order valence-corrected chi connectivity index (χ4v) is 1.30. The van der Waals surface area contributed by atoms with Crippen molar-refractivity contribution in [2.75, 3.05) is 27.2 Å². The summed E-state index contributed by atoms with van der Waals surface area (Å²) in [5.41, 5.74) is 0.971. The Hall–Kier alpha value is -0.990. The number of nitrogens with zero attached hydrogens (tertiary/aromatic N) is 1. The van der Waals surface area contributed by atoms with Crippen molar-refractivity contribution in [3.05, 3.63) is 35.4 Å². The molecule has 1 rings (SSSR count). The van der Waals surface area contributed by atoms with Gasteiger partial charge >= 0.3 is 0 Å². The SMILES string of the molecule is C=Cc1ccc(Cl)cc1OCCN(C)C. The lowest BCUT2D eigenvalue weighted by atomic mass is 10.2. The Morgan fingerprint density at radius 1 is 1.47 bits per heavy atom. The minimum atomic E-state index is 0.647. The molecule has 1 aromatic carbocycles. The first-order valence-electron chi connectivity index (χ1n) is 4.83. The molecule has 0 aromatic heterocycles. The molecular weight excluding hydrogens is 210 g/mol. The maximum absolute atomic E-state index is 5.89. The number of likely N-dealkylation sites (N-methyl/N-ethyl adjacent to an activating group) is 1. The Bertz CT molecular complexity index is 336. The zero-order valence-electron chi connectivity index (χ0n) is 9.16. The van der Waals surface area contributed by atoms with Gasteiger partial charge in [0.2, 0.25) is 0 Å². The molecule has 0 bridgehead atoms. The van der Waals surface area contributed by atoms with Crippen LogP contribution in [0, 0.1) is 0 Å². The van der Waals surface area contributed by atoms with E-state index in [0.29, 0.717) is 11.6 Å². The molecule has 0 spiro atoms. The van der Waals surface area contributed by atoms with E-state index in [9.17, 15) is 0 Å². The van der Waals surface area contributed by atoms with Crippen LogP contribution >= 0.6 is 11.6 Å². The van der Waals surface area contributed by atoms with E-state index in [1.54, 1.807) is 6.08 Å². The molecule has 3 heteroatoms. The van der Waals surface area contributed by atoms with E-state index < -0.39 is 0 Å². The Kier molecular flexibility index (Phi) is 4.66. The topological polar surface area (TPSA) is 12.5 Å². The fourth-order valence-electron chi connectivity index (χ4n) is 1.14. The first kappa shape index (κ1) is 12.1. The molecule has 0 aliphatic heterocycles. The van der Waals surface area contributed by atoms with Crippen LogP contribution in [0.2, 0.25) is 5.02 Å². The maximum Gasteiger partial charge on any atom is 0.128 e. The van der Waals surface area contributed by atoms with Gasteiger partial charge < -0.3 is 9.64 Å². The van der Waals surface area contributed by atoms with Crippen LogP contribution in [0.25, 0.3) is 6.08 Å². The Labute approximate surface area is 96.1 Å². The Morgan fingerprint density at radius 2 is 2.20 bits per heavy atom.